The monoisotopic (exact) mass is 658 g/mol. The lowest BCUT2D eigenvalue weighted by Gasteiger charge is -2.40. The van der Waals surface area contributed by atoms with Crippen molar-refractivity contribution in [3.8, 4) is 0 Å². The van der Waals surface area contributed by atoms with E-state index in [0.29, 0.717) is 23.7 Å². The Morgan fingerprint density at radius 1 is 0.500 bits per heavy atom. The second kappa shape index (κ2) is 17.8. The Kier molecular flexibility index (Phi) is 13.3. The number of rotatable bonds is 12. The fourth-order valence-electron chi connectivity index (χ4n) is 8.27. The summed E-state index contributed by atoms with van der Waals surface area (Å²) in [6.07, 6.45) is 17.1. The highest BCUT2D eigenvalue weighted by atomic mass is 16.2. The molecule has 2 N–H and O–H groups in total. The van der Waals surface area contributed by atoms with Gasteiger partial charge < -0.3 is 30.2 Å². The maximum absolute atomic E-state index is 14.0. The van der Waals surface area contributed by atoms with E-state index in [9.17, 15) is 9.59 Å². The zero-order valence-electron chi connectivity index (χ0n) is 30.3. The Morgan fingerprint density at radius 2 is 0.833 bits per heavy atom. The molecule has 3 aliphatic rings. The Balaban J connectivity index is 1.30. The fourth-order valence-corrected chi connectivity index (χ4v) is 8.27. The van der Waals surface area contributed by atoms with Gasteiger partial charge in [-0.05, 0) is 111 Å². The number of benzene rings is 2. The first-order valence-corrected chi connectivity index (χ1v) is 18.9. The van der Waals surface area contributed by atoms with E-state index in [1.54, 1.807) is 0 Å². The SMILES string of the molecule is CN(C)c1ccc(NC(=O)N(CC2CCCCC2)CC2CCCCC2CN(CC2CCCCC2)C(=O)Nc2ccc(N(C)C)cc2)cc1. The molecule has 2 aromatic rings. The van der Waals surface area contributed by atoms with Crippen LogP contribution >= 0.6 is 0 Å². The van der Waals surface area contributed by atoms with Crippen molar-refractivity contribution in [2.24, 2.45) is 23.7 Å². The average molecular weight is 659 g/mol. The highest BCUT2D eigenvalue weighted by Crippen LogP contribution is 2.34. The number of carbonyl (C=O) groups is 2. The van der Waals surface area contributed by atoms with Gasteiger partial charge in [-0.15, -0.1) is 0 Å². The molecule has 0 aromatic heterocycles. The fraction of sp³-hybridized carbons (Fsp3) is 0.650. The van der Waals surface area contributed by atoms with Gasteiger partial charge in [0.2, 0.25) is 0 Å². The van der Waals surface area contributed by atoms with Crippen LogP contribution in [0.3, 0.4) is 0 Å². The summed E-state index contributed by atoms with van der Waals surface area (Å²) in [5, 5.41) is 6.49. The summed E-state index contributed by atoms with van der Waals surface area (Å²) in [5.41, 5.74) is 3.91. The molecule has 48 heavy (non-hydrogen) atoms. The Hall–Kier alpha value is -3.42. The van der Waals surface area contributed by atoms with Crippen molar-refractivity contribution in [1.29, 1.82) is 0 Å². The molecule has 5 rings (SSSR count). The van der Waals surface area contributed by atoms with Crippen LogP contribution in [0.4, 0.5) is 32.3 Å². The van der Waals surface area contributed by atoms with Crippen LogP contribution in [0, 0.1) is 23.7 Å². The molecule has 0 radical (unpaired) electrons. The number of carbonyl (C=O) groups excluding carboxylic acids is 2. The van der Waals surface area contributed by atoms with Crippen LogP contribution in [0.1, 0.15) is 89.9 Å². The third-order valence-corrected chi connectivity index (χ3v) is 11.2. The molecule has 3 aliphatic carbocycles. The smallest absolute Gasteiger partial charge is 0.321 e. The first-order chi connectivity index (χ1) is 23.2. The van der Waals surface area contributed by atoms with Gasteiger partial charge in [-0.1, -0.05) is 51.4 Å². The van der Waals surface area contributed by atoms with Gasteiger partial charge in [0, 0.05) is 77.1 Å². The molecule has 3 saturated carbocycles. The van der Waals surface area contributed by atoms with E-state index >= 15 is 0 Å². The molecule has 3 fully saturated rings. The largest absolute Gasteiger partial charge is 0.378 e. The summed E-state index contributed by atoms with van der Waals surface area (Å²) in [4.78, 5) is 36.4. The number of urea groups is 2. The van der Waals surface area contributed by atoms with E-state index in [-0.39, 0.29) is 12.1 Å². The number of nitrogens with one attached hydrogen (secondary N) is 2. The third-order valence-electron chi connectivity index (χ3n) is 11.2. The predicted molar refractivity (Wildman–Crippen MR) is 201 cm³/mol. The van der Waals surface area contributed by atoms with E-state index in [2.05, 4.69) is 54.5 Å². The van der Waals surface area contributed by atoms with Gasteiger partial charge >= 0.3 is 12.1 Å². The topological polar surface area (TPSA) is 71.2 Å². The molecular formula is C40H62N6O2. The van der Waals surface area contributed by atoms with Gasteiger partial charge in [-0.2, -0.15) is 0 Å². The molecule has 0 bridgehead atoms. The van der Waals surface area contributed by atoms with Crippen molar-refractivity contribution in [2.45, 2.75) is 89.9 Å². The molecule has 0 saturated heterocycles. The van der Waals surface area contributed by atoms with E-state index in [0.717, 1.165) is 61.8 Å². The summed E-state index contributed by atoms with van der Waals surface area (Å²) in [6, 6.07) is 16.3. The van der Waals surface area contributed by atoms with Crippen LogP contribution in [0.25, 0.3) is 0 Å². The van der Waals surface area contributed by atoms with E-state index in [1.165, 1.54) is 77.0 Å². The summed E-state index contributed by atoms with van der Waals surface area (Å²) in [7, 11) is 8.12. The molecule has 8 nitrogen and oxygen atoms in total. The second-order valence-electron chi connectivity index (χ2n) is 15.4. The molecule has 2 aromatic carbocycles. The summed E-state index contributed by atoms with van der Waals surface area (Å²) < 4.78 is 0. The van der Waals surface area contributed by atoms with Gasteiger partial charge in [0.1, 0.15) is 0 Å². The zero-order chi connectivity index (χ0) is 33.9. The van der Waals surface area contributed by atoms with Gasteiger partial charge in [0.15, 0.2) is 0 Å². The maximum atomic E-state index is 14.0. The quantitative estimate of drug-likeness (QED) is 0.239. The summed E-state index contributed by atoms with van der Waals surface area (Å²) >= 11 is 0. The number of hydrogen-bond acceptors (Lipinski definition) is 4. The van der Waals surface area contributed by atoms with Crippen molar-refractivity contribution in [3.05, 3.63) is 48.5 Å². The lowest BCUT2D eigenvalue weighted by molar-refractivity contribution is 0.114. The Bertz CT molecular complexity index is 1170. The van der Waals surface area contributed by atoms with Crippen LogP contribution in [-0.2, 0) is 0 Å². The van der Waals surface area contributed by atoms with Gasteiger partial charge in [-0.25, -0.2) is 9.59 Å². The van der Waals surface area contributed by atoms with E-state index < -0.39 is 0 Å². The molecule has 0 spiro atoms. The van der Waals surface area contributed by atoms with Crippen molar-refractivity contribution < 1.29 is 9.59 Å². The van der Waals surface area contributed by atoms with Crippen LogP contribution in [0.15, 0.2) is 48.5 Å². The summed E-state index contributed by atoms with van der Waals surface area (Å²) in [6.45, 7) is 3.15. The minimum atomic E-state index is 0.0143. The lowest BCUT2D eigenvalue weighted by Crippen LogP contribution is -2.47. The minimum absolute atomic E-state index is 0.0143. The van der Waals surface area contributed by atoms with Gasteiger partial charge in [0.05, 0.1) is 0 Å². The molecular weight excluding hydrogens is 596 g/mol. The summed E-state index contributed by atoms with van der Waals surface area (Å²) in [5.74, 6) is 1.89. The van der Waals surface area contributed by atoms with Crippen LogP contribution in [-0.4, -0.2) is 76.2 Å². The first-order valence-electron chi connectivity index (χ1n) is 18.9. The number of anilines is 4. The van der Waals surface area contributed by atoms with Crippen LogP contribution in [0.2, 0.25) is 0 Å². The highest BCUT2D eigenvalue weighted by Gasteiger charge is 2.33. The molecule has 4 amide bonds. The molecule has 0 heterocycles. The molecule has 2 unspecified atom stereocenters. The van der Waals surface area contributed by atoms with E-state index in [4.69, 9.17) is 0 Å². The molecule has 8 heteroatoms. The molecule has 0 aliphatic heterocycles. The van der Waals surface area contributed by atoms with E-state index in [1.807, 2.05) is 52.5 Å². The Morgan fingerprint density at radius 3 is 1.17 bits per heavy atom. The average Bonchev–Trinajstić information content (AvgIpc) is 3.09. The van der Waals surface area contributed by atoms with Crippen molar-refractivity contribution in [2.75, 3.05) is 74.8 Å². The normalized spacial score (nSPS) is 20.5. The molecule has 264 valence electrons. The third kappa shape index (κ3) is 10.5. The second-order valence-corrected chi connectivity index (χ2v) is 15.4. The van der Waals surface area contributed by atoms with Gasteiger partial charge in [-0.3, -0.25) is 0 Å². The Labute approximate surface area is 290 Å². The first kappa shape index (κ1) is 35.9. The van der Waals surface area contributed by atoms with Crippen LogP contribution in [0.5, 0.6) is 0 Å². The van der Waals surface area contributed by atoms with Crippen molar-refractivity contribution in [3.63, 3.8) is 0 Å². The number of amides is 4. The molecule has 2 atom stereocenters. The minimum Gasteiger partial charge on any atom is -0.378 e. The maximum Gasteiger partial charge on any atom is 0.321 e. The number of nitrogens with zero attached hydrogens (tertiary/aromatic N) is 4. The van der Waals surface area contributed by atoms with Crippen molar-refractivity contribution >= 4 is 34.8 Å². The van der Waals surface area contributed by atoms with Crippen LogP contribution < -0.4 is 20.4 Å². The lowest BCUT2D eigenvalue weighted by atomic mass is 9.78. The number of hydrogen-bond donors (Lipinski definition) is 2. The zero-order valence-corrected chi connectivity index (χ0v) is 30.3. The highest BCUT2D eigenvalue weighted by molar-refractivity contribution is 5.90. The standard InChI is InChI=1S/C40H62N6O2/c1-43(2)37-23-19-35(20-24-37)41-39(47)45(27-31-13-7-5-8-14-31)29-33-17-11-12-18-34(33)30-46(28-32-15-9-6-10-16-32)40(48)42-36-21-25-38(26-22-36)44(3)4/h19-26,31-34H,5-18,27-30H2,1-4H3,(H,41,47)(H,42,48). The van der Waals surface area contributed by atoms with Gasteiger partial charge in [0.25, 0.3) is 0 Å². The predicted octanol–water partition coefficient (Wildman–Crippen LogP) is 9.15. The van der Waals surface area contributed by atoms with Crippen molar-refractivity contribution in [1.82, 2.24) is 9.80 Å².